The first kappa shape index (κ1) is 17.9. The number of pyridine rings is 1. The van der Waals surface area contributed by atoms with Crippen molar-refractivity contribution >= 4 is 10.9 Å². The summed E-state index contributed by atoms with van der Waals surface area (Å²) < 4.78 is 14.9. The molecular formula is C23H27N3O2. The van der Waals surface area contributed by atoms with Gasteiger partial charge in [0, 0.05) is 54.1 Å². The maximum Gasteiger partial charge on any atom is 0.215 e. The monoisotopic (exact) mass is 377 g/mol. The van der Waals surface area contributed by atoms with Gasteiger partial charge in [-0.25, -0.2) is 0 Å². The van der Waals surface area contributed by atoms with Crippen LogP contribution in [-0.4, -0.2) is 47.8 Å². The number of rotatable bonds is 3. The van der Waals surface area contributed by atoms with Crippen molar-refractivity contribution in [2.24, 2.45) is 0 Å². The van der Waals surface area contributed by atoms with Crippen LogP contribution in [0.25, 0.3) is 10.9 Å². The fraction of sp³-hybridized carbons (Fsp3) is 0.435. The minimum atomic E-state index is -0.767. The number of nitrogens with zero attached hydrogens (tertiary/aromatic N) is 3. The number of aryl methyl sites for hydroxylation is 1. The van der Waals surface area contributed by atoms with Crippen LogP contribution < -0.4 is 0 Å². The predicted octanol–water partition coefficient (Wildman–Crippen LogP) is 3.27. The zero-order valence-corrected chi connectivity index (χ0v) is 16.6. The smallest absolute Gasteiger partial charge is 0.215 e. The average molecular weight is 377 g/mol. The molecule has 5 rings (SSSR count). The number of likely N-dealkylation sites (N-methyl/N-ethyl adjacent to an activating group) is 1. The highest BCUT2D eigenvalue weighted by atomic mass is 16.7. The van der Waals surface area contributed by atoms with Crippen LogP contribution in [-0.2, 0) is 34.6 Å². The van der Waals surface area contributed by atoms with E-state index in [0.717, 1.165) is 31.5 Å². The van der Waals surface area contributed by atoms with E-state index in [-0.39, 0.29) is 0 Å². The standard InChI is InChI=1S/C23H27N3O2/c1-17-5-6-21-20(14-17)19-7-10-25(2)11-8-22(19)26(21)16-23(27-12-13-28-23)18-4-3-9-24-15-18/h3-6,9,14-15H,7-8,10-13,16H2,1-2H3. The largest absolute Gasteiger partial charge is 0.342 e. The highest BCUT2D eigenvalue weighted by Gasteiger charge is 2.40. The molecule has 1 saturated heterocycles. The van der Waals surface area contributed by atoms with E-state index in [1.54, 1.807) is 6.20 Å². The first-order valence-electron chi connectivity index (χ1n) is 10.1. The lowest BCUT2D eigenvalue weighted by Crippen LogP contribution is -2.33. The molecule has 0 unspecified atom stereocenters. The highest BCUT2D eigenvalue weighted by molar-refractivity contribution is 5.86. The lowest BCUT2D eigenvalue weighted by Gasteiger charge is -2.29. The van der Waals surface area contributed by atoms with Gasteiger partial charge in [0.1, 0.15) is 0 Å². The van der Waals surface area contributed by atoms with Crippen molar-refractivity contribution in [3.63, 3.8) is 0 Å². The summed E-state index contributed by atoms with van der Waals surface area (Å²) in [5.74, 6) is -0.767. The SMILES string of the molecule is Cc1ccc2c(c1)c1c(n2CC2(c3cccnc3)OCCO2)CCN(C)CC1. The maximum absolute atomic E-state index is 6.22. The van der Waals surface area contributed by atoms with Crippen molar-refractivity contribution in [2.75, 3.05) is 33.4 Å². The van der Waals surface area contributed by atoms with E-state index in [4.69, 9.17) is 9.47 Å². The molecular weight excluding hydrogens is 350 g/mol. The van der Waals surface area contributed by atoms with Crippen molar-refractivity contribution in [1.29, 1.82) is 0 Å². The van der Waals surface area contributed by atoms with E-state index in [0.29, 0.717) is 19.8 Å². The summed E-state index contributed by atoms with van der Waals surface area (Å²) >= 11 is 0. The first-order chi connectivity index (χ1) is 13.7. The Bertz CT molecular complexity index is 990. The summed E-state index contributed by atoms with van der Waals surface area (Å²) in [4.78, 5) is 6.74. The third kappa shape index (κ3) is 2.94. The Kier molecular flexibility index (Phi) is 4.46. The molecule has 0 atom stereocenters. The van der Waals surface area contributed by atoms with Gasteiger partial charge in [0.15, 0.2) is 0 Å². The summed E-state index contributed by atoms with van der Waals surface area (Å²) in [6.07, 6.45) is 5.79. The van der Waals surface area contributed by atoms with Gasteiger partial charge in [0.05, 0.1) is 19.8 Å². The second kappa shape index (κ2) is 6.99. The quantitative estimate of drug-likeness (QED) is 0.702. The molecule has 0 amide bonds. The van der Waals surface area contributed by atoms with Gasteiger partial charge in [-0.05, 0) is 44.2 Å². The van der Waals surface area contributed by atoms with Crippen LogP contribution in [0.1, 0.15) is 22.4 Å². The van der Waals surface area contributed by atoms with Crippen LogP contribution in [0.5, 0.6) is 0 Å². The molecule has 2 aliphatic rings. The Morgan fingerprint density at radius 3 is 2.71 bits per heavy atom. The molecule has 0 spiro atoms. The summed E-state index contributed by atoms with van der Waals surface area (Å²) in [5.41, 5.74) is 6.48. The third-order valence-electron chi connectivity index (χ3n) is 6.14. The van der Waals surface area contributed by atoms with Crippen LogP contribution in [0.4, 0.5) is 0 Å². The van der Waals surface area contributed by atoms with Crippen LogP contribution >= 0.6 is 0 Å². The molecule has 5 heteroatoms. The number of aromatic nitrogens is 2. The summed E-state index contributed by atoms with van der Waals surface area (Å²) in [5, 5.41) is 1.38. The molecule has 146 valence electrons. The number of hydrogen-bond acceptors (Lipinski definition) is 4. The van der Waals surface area contributed by atoms with Crippen LogP contribution in [0, 0.1) is 6.92 Å². The van der Waals surface area contributed by atoms with Gasteiger partial charge < -0.3 is 18.9 Å². The zero-order chi connectivity index (χ0) is 19.1. The molecule has 0 radical (unpaired) electrons. The van der Waals surface area contributed by atoms with Crippen molar-refractivity contribution in [3.05, 3.63) is 65.1 Å². The molecule has 5 nitrogen and oxygen atoms in total. The Labute approximate surface area is 165 Å². The first-order valence-corrected chi connectivity index (χ1v) is 10.1. The molecule has 0 N–H and O–H groups in total. The van der Waals surface area contributed by atoms with Crippen LogP contribution in [0.2, 0.25) is 0 Å². The maximum atomic E-state index is 6.22. The van der Waals surface area contributed by atoms with Gasteiger partial charge in [-0.3, -0.25) is 4.98 Å². The van der Waals surface area contributed by atoms with Crippen LogP contribution in [0.3, 0.4) is 0 Å². The van der Waals surface area contributed by atoms with E-state index in [1.165, 1.54) is 27.7 Å². The van der Waals surface area contributed by atoms with Gasteiger partial charge in [0.2, 0.25) is 5.79 Å². The summed E-state index contributed by atoms with van der Waals surface area (Å²) in [6, 6.07) is 10.8. The zero-order valence-electron chi connectivity index (χ0n) is 16.6. The molecule has 0 bridgehead atoms. The predicted molar refractivity (Wildman–Crippen MR) is 109 cm³/mol. The van der Waals surface area contributed by atoms with Crippen LogP contribution in [0.15, 0.2) is 42.7 Å². The topological polar surface area (TPSA) is 39.5 Å². The lowest BCUT2D eigenvalue weighted by molar-refractivity contribution is -0.175. The molecule has 2 aromatic heterocycles. The lowest BCUT2D eigenvalue weighted by atomic mass is 10.1. The molecule has 1 fully saturated rings. The van der Waals surface area contributed by atoms with Gasteiger partial charge >= 0.3 is 0 Å². The molecule has 0 saturated carbocycles. The van der Waals surface area contributed by atoms with Gasteiger partial charge in [0.25, 0.3) is 0 Å². The summed E-state index contributed by atoms with van der Waals surface area (Å²) in [6.45, 7) is 6.21. The Balaban J connectivity index is 1.66. The van der Waals surface area contributed by atoms with Gasteiger partial charge in [-0.2, -0.15) is 0 Å². The van der Waals surface area contributed by atoms with E-state index >= 15 is 0 Å². The van der Waals surface area contributed by atoms with Crippen molar-refractivity contribution in [2.45, 2.75) is 32.1 Å². The Morgan fingerprint density at radius 2 is 1.93 bits per heavy atom. The second-order valence-electron chi connectivity index (χ2n) is 8.03. The van der Waals surface area contributed by atoms with Crippen molar-refractivity contribution in [3.8, 4) is 0 Å². The number of benzene rings is 1. The number of ether oxygens (including phenoxy) is 2. The fourth-order valence-corrected chi connectivity index (χ4v) is 4.65. The molecule has 2 aliphatic heterocycles. The van der Waals surface area contributed by atoms with Crippen molar-refractivity contribution in [1.82, 2.24) is 14.5 Å². The summed E-state index contributed by atoms with van der Waals surface area (Å²) in [7, 11) is 2.21. The minimum Gasteiger partial charge on any atom is -0.342 e. The second-order valence-corrected chi connectivity index (χ2v) is 8.03. The molecule has 1 aromatic carbocycles. The number of fused-ring (bicyclic) bond motifs is 3. The van der Waals surface area contributed by atoms with Crippen molar-refractivity contribution < 1.29 is 9.47 Å². The molecule has 4 heterocycles. The van der Waals surface area contributed by atoms with E-state index < -0.39 is 5.79 Å². The van der Waals surface area contributed by atoms with E-state index in [1.807, 2.05) is 12.3 Å². The number of hydrogen-bond donors (Lipinski definition) is 0. The Hall–Kier alpha value is -2.21. The van der Waals surface area contributed by atoms with E-state index in [2.05, 4.69) is 52.7 Å². The normalized spacial score (nSPS) is 19.6. The minimum absolute atomic E-state index is 0.609. The molecule has 28 heavy (non-hydrogen) atoms. The van der Waals surface area contributed by atoms with Gasteiger partial charge in [-0.1, -0.05) is 17.7 Å². The fourth-order valence-electron chi connectivity index (χ4n) is 4.65. The van der Waals surface area contributed by atoms with E-state index in [9.17, 15) is 0 Å². The molecule has 3 aromatic rings. The highest BCUT2D eigenvalue weighted by Crippen LogP contribution is 2.37. The third-order valence-corrected chi connectivity index (χ3v) is 6.14. The van der Waals surface area contributed by atoms with Gasteiger partial charge in [-0.15, -0.1) is 0 Å². The average Bonchev–Trinajstić information content (AvgIpc) is 3.23. The molecule has 0 aliphatic carbocycles. The Morgan fingerprint density at radius 1 is 1.11 bits per heavy atom.